The van der Waals surface area contributed by atoms with Gasteiger partial charge in [0.05, 0.1) is 0 Å². The van der Waals surface area contributed by atoms with Crippen molar-refractivity contribution in [2.24, 2.45) is 5.92 Å². The first-order chi connectivity index (χ1) is 10.5. The van der Waals surface area contributed by atoms with Crippen LogP contribution in [0.25, 0.3) is 0 Å². The molecule has 0 bridgehead atoms. The molecule has 0 spiro atoms. The zero-order valence-electron chi connectivity index (χ0n) is 12.6. The van der Waals surface area contributed by atoms with Crippen LogP contribution in [0.2, 0.25) is 0 Å². The van der Waals surface area contributed by atoms with Crippen LogP contribution < -0.4 is 5.32 Å². The van der Waals surface area contributed by atoms with Crippen LogP contribution in [0.15, 0.2) is 30.3 Å². The van der Waals surface area contributed by atoms with Gasteiger partial charge < -0.3 is 10.4 Å². The molecule has 0 aliphatic heterocycles. The standard InChI is InChI=1S/C17H24F3NO/c18-17(19,20)16(22)15(11-13-7-3-1-4-8-13)21-12-14-9-5-2-6-10-14/h2,5-6,9-10,13,15-16,21-22H,1,3-4,7-8,11-12H2/t15-,16+/m0/s1. The van der Waals surface area contributed by atoms with Crippen molar-refractivity contribution < 1.29 is 18.3 Å². The average molecular weight is 315 g/mol. The molecule has 2 rings (SSSR count). The molecule has 1 fully saturated rings. The minimum absolute atomic E-state index is 0.277. The number of alkyl halides is 3. The monoisotopic (exact) mass is 315 g/mol. The average Bonchev–Trinajstić information content (AvgIpc) is 2.52. The summed E-state index contributed by atoms with van der Waals surface area (Å²) in [7, 11) is 0. The third-order valence-electron chi connectivity index (χ3n) is 4.44. The largest absolute Gasteiger partial charge is 0.415 e. The molecule has 0 aromatic heterocycles. The van der Waals surface area contributed by atoms with Crippen LogP contribution in [0.1, 0.15) is 44.1 Å². The third kappa shape index (κ3) is 5.29. The highest BCUT2D eigenvalue weighted by molar-refractivity contribution is 5.14. The third-order valence-corrected chi connectivity index (χ3v) is 4.44. The zero-order chi connectivity index (χ0) is 16.0. The van der Waals surface area contributed by atoms with Gasteiger partial charge in [-0.05, 0) is 17.9 Å². The van der Waals surface area contributed by atoms with E-state index in [2.05, 4.69) is 5.32 Å². The number of halogens is 3. The lowest BCUT2D eigenvalue weighted by atomic mass is 9.83. The van der Waals surface area contributed by atoms with Crippen molar-refractivity contribution in [2.45, 2.75) is 63.4 Å². The van der Waals surface area contributed by atoms with Gasteiger partial charge in [-0.15, -0.1) is 0 Å². The summed E-state index contributed by atoms with van der Waals surface area (Å²) in [6.45, 7) is 0.339. The number of hydrogen-bond donors (Lipinski definition) is 2. The molecule has 0 radical (unpaired) electrons. The Labute approximate surface area is 129 Å². The van der Waals surface area contributed by atoms with Gasteiger partial charge in [0.2, 0.25) is 0 Å². The summed E-state index contributed by atoms with van der Waals surface area (Å²) >= 11 is 0. The minimum Gasteiger partial charge on any atom is -0.382 e. The first kappa shape index (κ1) is 17.3. The molecule has 1 saturated carbocycles. The van der Waals surface area contributed by atoms with E-state index in [1.165, 1.54) is 6.42 Å². The second-order valence-corrected chi connectivity index (χ2v) is 6.20. The summed E-state index contributed by atoms with van der Waals surface area (Å²) in [6.07, 6.45) is -1.24. The number of hydrogen-bond acceptors (Lipinski definition) is 2. The van der Waals surface area contributed by atoms with E-state index in [1.54, 1.807) is 0 Å². The molecular weight excluding hydrogens is 291 g/mol. The van der Waals surface area contributed by atoms with Crippen LogP contribution in [0.5, 0.6) is 0 Å². The Morgan fingerprint density at radius 1 is 1.09 bits per heavy atom. The topological polar surface area (TPSA) is 32.3 Å². The lowest BCUT2D eigenvalue weighted by Crippen LogP contribution is -2.48. The Morgan fingerprint density at radius 2 is 1.73 bits per heavy atom. The van der Waals surface area contributed by atoms with Gasteiger partial charge in [0, 0.05) is 12.6 Å². The van der Waals surface area contributed by atoms with Gasteiger partial charge in [-0.1, -0.05) is 62.4 Å². The molecule has 1 aromatic carbocycles. The maximum Gasteiger partial charge on any atom is 0.415 e. The van der Waals surface area contributed by atoms with Gasteiger partial charge >= 0.3 is 6.18 Å². The van der Waals surface area contributed by atoms with E-state index in [0.29, 0.717) is 13.0 Å². The van der Waals surface area contributed by atoms with Crippen molar-refractivity contribution in [3.8, 4) is 0 Å². The lowest BCUT2D eigenvalue weighted by Gasteiger charge is -2.31. The van der Waals surface area contributed by atoms with E-state index >= 15 is 0 Å². The number of aliphatic hydroxyl groups is 1. The fourth-order valence-electron chi connectivity index (χ4n) is 3.18. The molecule has 2 N–H and O–H groups in total. The van der Waals surface area contributed by atoms with Crippen LogP contribution in [0.3, 0.4) is 0 Å². The predicted molar refractivity (Wildman–Crippen MR) is 80.3 cm³/mol. The summed E-state index contributed by atoms with van der Waals surface area (Å²) in [5, 5.41) is 12.6. The zero-order valence-corrected chi connectivity index (χ0v) is 12.6. The number of aliphatic hydroxyl groups excluding tert-OH is 1. The van der Waals surface area contributed by atoms with Gasteiger partial charge in [-0.25, -0.2) is 0 Å². The second-order valence-electron chi connectivity index (χ2n) is 6.20. The number of benzene rings is 1. The lowest BCUT2D eigenvalue weighted by molar-refractivity contribution is -0.213. The van der Waals surface area contributed by atoms with Crippen LogP contribution in [0.4, 0.5) is 13.2 Å². The molecular formula is C17H24F3NO. The molecule has 1 aliphatic carbocycles. The predicted octanol–water partition coefficient (Wildman–Crippen LogP) is 4.04. The van der Waals surface area contributed by atoms with Crippen molar-refractivity contribution in [3.63, 3.8) is 0 Å². The van der Waals surface area contributed by atoms with Crippen molar-refractivity contribution >= 4 is 0 Å². The molecule has 5 heteroatoms. The summed E-state index contributed by atoms with van der Waals surface area (Å²) in [4.78, 5) is 0. The van der Waals surface area contributed by atoms with Gasteiger partial charge in [0.1, 0.15) is 0 Å². The second kappa shape index (κ2) is 7.97. The Bertz CT molecular complexity index is 429. The molecule has 0 heterocycles. The van der Waals surface area contributed by atoms with E-state index < -0.39 is 18.3 Å². The molecule has 124 valence electrons. The first-order valence-electron chi connectivity index (χ1n) is 7.99. The molecule has 2 atom stereocenters. The number of rotatable bonds is 6. The molecule has 0 amide bonds. The van der Waals surface area contributed by atoms with Gasteiger partial charge in [-0.2, -0.15) is 13.2 Å². The number of nitrogens with one attached hydrogen (secondary N) is 1. The Kier molecular flexibility index (Phi) is 6.26. The maximum atomic E-state index is 12.9. The SMILES string of the molecule is O[C@H]([C@H](CC1CCCCC1)NCc1ccccc1)C(F)(F)F. The molecule has 22 heavy (non-hydrogen) atoms. The summed E-state index contributed by atoms with van der Waals surface area (Å²) < 4.78 is 38.7. The normalized spacial score (nSPS) is 19.8. The smallest absolute Gasteiger partial charge is 0.382 e. The first-order valence-corrected chi connectivity index (χ1v) is 7.99. The van der Waals surface area contributed by atoms with E-state index in [4.69, 9.17) is 0 Å². The van der Waals surface area contributed by atoms with Gasteiger partial charge in [-0.3, -0.25) is 0 Å². The van der Waals surface area contributed by atoms with Gasteiger partial charge in [0.25, 0.3) is 0 Å². The van der Waals surface area contributed by atoms with Crippen molar-refractivity contribution in [3.05, 3.63) is 35.9 Å². The van der Waals surface area contributed by atoms with Crippen molar-refractivity contribution in [2.75, 3.05) is 0 Å². The Morgan fingerprint density at radius 3 is 2.32 bits per heavy atom. The summed E-state index contributed by atoms with van der Waals surface area (Å²) in [5.41, 5.74) is 0.922. The highest BCUT2D eigenvalue weighted by Crippen LogP contribution is 2.31. The summed E-state index contributed by atoms with van der Waals surface area (Å²) in [6, 6.07) is 8.37. The highest BCUT2D eigenvalue weighted by atomic mass is 19.4. The molecule has 2 nitrogen and oxygen atoms in total. The van der Waals surface area contributed by atoms with Crippen LogP contribution in [-0.2, 0) is 6.54 Å². The Balaban J connectivity index is 1.97. The Hall–Kier alpha value is -1.07. The van der Waals surface area contributed by atoms with E-state index in [-0.39, 0.29) is 5.92 Å². The maximum absolute atomic E-state index is 12.9. The van der Waals surface area contributed by atoms with Crippen molar-refractivity contribution in [1.82, 2.24) is 5.32 Å². The molecule has 0 unspecified atom stereocenters. The fourth-order valence-corrected chi connectivity index (χ4v) is 3.18. The van der Waals surface area contributed by atoms with Crippen LogP contribution in [-0.4, -0.2) is 23.4 Å². The fraction of sp³-hybridized carbons (Fsp3) is 0.647. The quantitative estimate of drug-likeness (QED) is 0.830. The van der Waals surface area contributed by atoms with Crippen LogP contribution in [0, 0.1) is 5.92 Å². The van der Waals surface area contributed by atoms with Crippen LogP contribution >= 0.6 is 0 Å². The summed E-state index contributed by atoms with van der Waals surface area (Å²) in [5.74, 6) is 0.277. The van der Waals surface area contributed by atoms with E-state index in [0.717, 1.165) is 31.2 Å². The molecule has 1 aliphatic rings. The van der Waals surface area contributed by atoms with Gasteiger partial charge in [0.15, 0.2) is 6.10 Å². The highest BCUT2D eigenvalue weighted by Gasteiger charge is 2.43. The minimum atomic E-state index is -4.58. The molecule has 0 saturated heterocycles. The van der Waals surface area contributed by atoms with E-state index in [1.807, 2.05) is 30.3 Å². The molecule has 1 aromatic rings. The van der Waals surface area contributed by atoms with E-state index in [9.17, 15) is 18.3 Å². The van der Waals surface area contributed by atoms with Crippen molar-refractivity contribution in [1.29, 1.82) is 0 Å².